The van der Waals surface area contributed by atoms with E-state index in [4.69, 9.17) is 0 Å². The van der Waals surface area contributed by atoms with Crippen molar-refractivity contribution in [1.29, 1.82) is 0 Å². The van der Waals surface area contributed by atoms with E-state index in [1.807, 2.05) is 13.0 Å². The minimum Gasteiger partial charge on any atom is -0.289 e. The Kier molecular flexibility index (Phi) is 4.91. The Bertz CT molecular complexity index is 1030. The monoisotopic (exact) mass is 365 g/mol. The normalized spacial score (nSPS) is 11.2. The van der Waals surface area contributed by atoms with Gasteiger partial charge in [-0.15, -0.1) is 0 Å². The van der Waals surface area contributed by atoms with E-state index in [1.165, 1.54) is 11.4 Å². The van der Waals surface area contributed by atoms with E-state index in [9.17, 15) is 13.2 Å². The molecule has 0 aliphatic heterocycles. The SMILES string of the molecule is Cc1ccc(S(=O)(=O)N(C)c2cccc(C(=O)c3ccccc3)c2)cc1. The van der Waals surface area contributed by atoms with Crippen molar-refractivity contribution in [2.45, 2.75) is 11.8 Å². The Morgan fingerprint density at radius 1 is 0.808 bits per heavy atom. The number of hydrogen-bond donors (Lipinski definition) is 0. The summed E-state index contributed by atoms with van der Waals surface area (Å²) in [6.07, 6.45) is 0. The maximum absolute atomic E-state index is 12.8. The fraction of sp³-hybridized carbons (Fsp3) is 0.0952. The number of hydrogen-bond acceptors (Lipinski definition) is 3. The van der Waals surface area contributed by atoms with E-state index in [2.05, 4.69) is 0 Å². The van der Waals surface area contributed by atoms with Crippen molar-refractivity contribution in [3.8, 4) is 0 Å². The summed E-state index contributed by atoms with van der Waals surface area (Å²) in [4.78, 5) is 12.8. The van der Waals surface area contributed by atoms with Gasteiger partial charge in [0.25, 0.3) is 10.0 Å². The van der Waals surface area contributed by atoms with Crippen molar-refractivity contribution in [3.05, 3.63) is 95.6 Å². The summed E-state index contributed by atoms with van der Waals surface area (Å²) in [7, 11) is -2.21. The van der Waals surface area contributed by atoms with Gasteiger partial charge in [-0.05, 0) is 31.2 Å². The zero-order valence-electron chi connectivity index (χ0n) is 14.6. The molecule has 3 rings (SSSR count). The van der Waals surface area contributed by atoms with Gasteiger partial charge in [-0.3, -0.25) is 9.10 Å². The van der Waals surface area contributed by atoms with Gasteiger partial charge in [0, 0.05) is 18.2 Å². The van der Waals surface area contributed by atoms with Crippen LogP contribution in [0.5, 0.6) is 0 Å². The highest BCUT2D eigenvalue weighted by Crippen LogP contribution is 2.24. The van der Waals surface area contributed by atoms with Gasteiger partial charge in [0.05, 0.1) is 10.6 Å². The van der Waals surface area contributed by atoms with Crippen LogP contribution in [0.4, 0.5) is 5.69 Å². The standard InChI is InChI=1S/C21H19NO3S/c1-16-11-13-20(14-12-16)26(24,25)22(2)19-10-6-9-18(15-19)21(23)17-7-4-3-5-8-17/h3-15H,1-2H3. The van der Waals surface area contributed by atoms with Crippen LogP contribution in [0.15, 0.2) is 83.8 Å². The molecule has 0 bridgehead atoms. The summed E-state index contributed by atoms with van der Waals surface area (Å²) in [6, 6.07) is 22.2. The first kappa shape index (κ1) is 17.9. The topological polar surface area (TPSA) is 54.5 Å². The maximum Gasteiger partial charge on any atom is 0.264 e. The predicted octanol–water partition coefficient (Wildman–Crippen LogP) is 4.05. The molecule has 3 aromatic rings. The Hall–Kier alpha value is -2.92. The van der Waals surface area contributed by atoms with Crippen LogP contribution in [-0.2, 0) is 10.0 Å². The molecule has 0 radical (unpaired) electrons. The van der Waals surface area contributed by atoms with Gasteiger partial charge in [-0.1, -0.05) is 60.2 Å². The third-order valence-electron chi connectivity index (χ3n) is 4.19. The molecule has 0 fully saturated rings. The molecule has 132 valence electrons. The molecule has 0 atom stereocenters. The molecule has 26 heavy (non-hydrogen) atoms. The molecule has 0 amide bonds. The number of anilines is 1. The van der Waals surface area contributed by atoms with E-state index >= 15 is 0 Å². The first-order valence-corrected chi connectivity index (χ1v) is 9.59. The molecule has 0 aliphatic rings. The number of nitrogens with zero attached hydrogens (tertiary/aromatic N) is 1. The average molecular weight is 365 g/mol. The van der Waals surface area contributed by atoms with E-state index in [-0.39, 0.29) is 10.7 Å². The van der Waals surface area contributed by atoms with Crippen LogP contribution in [0.25, 0.3) is 0 Å². The molecule has 0 heterocycles. The quantitative estimate of drug-likeness (QED) is 0.641. The molecule has 5 heteroatoms. The van der Waals surface area contributed by atoms with Gasteiger partial charge in [-0.25, -0.2) is 8.42 Å². The molecule has 0 saturated carbocycles. The van der Waals surface area contributed by atoms with Crippen molar-refractivity contribution in [2.24, 2.45) is 0 Å². The lowest BCUT2D eigenvalue weighted by Crippen LogP contribution is -2.26. The lowest BCUT2D eigenvalue weighted by atomic mass is 10.0. The Labute approximate surface area is 153 Å². The van der Waals surface area contributed by atoms with Crippen LogP contribution >= 0.6 is 0 Å². The highest BCUT2D eigenvalue weighted by atomic mass is 32.2. The second-order valence-corrected chi connectivity index (χ2v) is 8.00. The predicted molar refractivity (Wildman–Crippen MR) is 103 cm³/mol. The van der Waals surface area contributed by atoms with Crippen LogP contribution in [0.3, 0.4) is 0 Å². The van der Waals surface area contributed by atoms with E-state index in [0.717, 1.165) is 5.56 Å². The summed E-state index contributed by atoms with van der Waals surface area (Å²) in [5.41, 5.74) is 2.43. The minimum absolute atomic E-state index is 0.145. The minimum atomic E-state index is -3.69. The van der Waals surface area contributed by atoms with Crippen LogP contribution in [0.1, 0.15) is 21.5 Å². The fourth-order valence-electron chi connectivity index (χ4n) is 2.61. The van der Waals surface area contributed by atoms with E-state index in [0.29, 0.717) is 16.8 Å². The molecule has 0 aliphatic carbocycles. The number of ketones is 1. The summed E-state index contributed by atoms with van der Waals surface area (Å²) in [5, 5.41) is 0. The molecule has 0 saturated heterocycles. The van der Waals surface area contributed by atoms with Crippen molar-refractivity contribution in [2.75, 3.05) is 11.4 Å². The summed E-state index contributed by atoms with van der Waals surface area (Å²) in [6.45, 7) is 1.90. The van der Waals surface area contributed by atoms with Crippen molar-refractivity contribution < 1.29 is 13.2 Å². The maximum atomic E-state index is 12.8. The smallest absolute Gasteiger partial charge is 0.264 e. The Morgan fingerprint density at radius 2 is 1.42 bits per heavy atom. The van der Waals surface area contributed by atoms with Crippen LogP contribution in [-0.4, -0.2) is 21.2 Å². The number of benzene rings is 3. The first-order valence-electron chi connectivity index (χ1n) is 8.15. The fourth-order valence-corrected chi connectivity index (χ4v) is 3.79. The largest absolute Gasteiger partial charge is 0.289 e. The molecule has 3 aromatic carbocycles. The second-order valence-electron chi connectivity index (χ2n) is 6.03. The molecule has 0 spiro atoms. The van der Waals surface area contributed by atoms with Gasteiger partial charge < -0.3 is 0 Å². The number of aryl methyl sites for hydroxylation is 1. The van der Waals surface area contributed by atoms with Gasteiger partial charge in [0.15, 0.2) is 5.78 Å². The third-order valence-corrected chi connectivity index (χ3v) is 5.99. The number of rotatable bonds is 5. The zero-order chi connectivity index (χ0) is 18.7. The third kappa shape index (κ3) is 3.53. The van der Waals surface area contributed by atoms with Crippen LogP contribution < -0.4 is 4.31 Å². The summed E-state index contributed by atoms with van der Waals surface area (Å²) >= 11 is 0. The number of carbonyl (C=O) groups excluding carboxylic acids is 1. The van der Waals surface area contributed by atoms with E-state index < -0.39 is 10.0 Å². The lowest BCUT2D eigenvalue weighted by molar-refractivity contribution is 0.103. The highest BCUT2D eigenvalue weighted by Gasteiger charge is 2.22. The van der Waals surface area contributed by atoms with Crippen LogP contribution in [0, 0.1) is 6.92 Å². The average Bonchev–Trinajstić information content (AvgIpc) is 2.68. The van der Waals surface area contributed by atoms with Gasteiger partial charge >= 0.3 is 0 Å². The molecule has 0 unspecified atom stereocenters. The summed E-state index contributed by atoms with van der Waals surface area (Å²) in [5.74, 6) is -0.145. The first-order chi connectivity index (χ1) is 12.4. The zero-order valence-corrected chi connectivity index (χ0v) is 15.4. The molecular weight excluding hydrogens is 346 g/mol. The van der Waals surface area contributed by atoms with Gasteiger partial charge in [0.2, 0.25) is 0 Å². The molecule has 0 aromatic heterocycles. The Morgan fingerprint density at radius 3 is 2.08 bits per heavy atom. The highest BCUT2D eigenvalue weighted by molar-refractivity contribution is 7.92. The Balaban J connectivity index is 1.94. The molecular formula is C21H19NO3S. The van der Waals surface area contributed by atoms with Gasteiger partial charge in [0.1, 0.15) is 0 Å². The van der Waals surface area contributed by atoms with Crippen molar-refractivity contribution in [1.82, 2.24) is 0 Å². The summed E-state index contributed by atoms with van der Waals surface area (Å²) < 4.78 is 26.9. The second kappa shape index (κ2) is 7.14. The van der Waals surface area contributed by atoms with Gasteiger partial charge in [-0.2, -0.15) is 0 Å². The molecule has 0 N–H and O–H groups in total. The lowest BCUT2D eigenvalue weighted by Gasteiger charge is -2.20. The van der Waals surface area contributed by atoms with Crippen LogP contribution in [0.2, 0.25) is 0 Å². The van der Waals surface area contributed by atoms with Crippen molar-refractivity contribution >= 4 is 21.5 Å². The van der Waals surface area contributed by atoms with E-state index in [1.54, 1.807) is 72.8 Å². The van der Waals surface area contributed by atoms with Crippen molar-refractivity contribution in [3.63, 3.8) is 0 Å². The molecule has 4 nitrogen and oxygen atoms in total. The number of sulfonamides is 1. The number of carbonyl (C=O) groups is 1.